The third-order valence-electron chi connectivity index (χ3n) is 4.79. The van der Waals surface area contributed by atoms with Crippen LogP contribution in [0.25, 0.3) is 10.6 Å². The number of rotatable bonds is 4. The fourth-order valence-electron chi connectivity index (χ4n) is 3.35. The van der Waals surface area contributed by atoms with Gasteiger partial charge in [-0.25, -0.2) is 13.8 Å². The maximum absolute atomic E-state index is 14.1. The highest BCUT2D eigenvalue weighted by atomic mass is 32.1. The second-order valence-electron chi connectivity index (χ2n) is 6.73. The third-order valence-corrected chi connectivity index (χ3v) is 5.71. The number of nitrogen functional groups attached to an aromatic ring is 1. The molecule has 2 aromatic heterocycles. The summed E-state index contributed by atoms with van der Waals surface area (Å²) in [5.74, 6) is -2.52. The number of carbonyl (C=O) groups excluding carboxylic acids is 1. The molecule has 0 atom stereocenters. The molecule has 0 aliphatic carbocycles. The lowest BCUT2D eigenvalue weighted by Gasteiger charge is -2.30. The van der Waals surface area contributed by atoms with Crippen molar-refractivity contribution in [2.75, 3.05) is 29.0 Å². The van der Waals surface area contributed by atoms with Crippen LogP contribution in [0.15, 0.2) is 36.7 Å². The van der Waals surface area contributed by atoms with Crippen molar-refractivity contribution >= 4 is 33.6 Å². The van der Waals surface area contributed by atoms with Crippen LogP contribution >= 0.6 is 11.3 Å². The van der Waals surface area contributed by atoms with Crippen molar-refractivity contribution in [2.24, 2.45) is 0 Å². The Morgan fingerprint density at radius 2 is 1.97 bits per heavy atom. The predicted octanol–water partition coefficient (Wildman–Crippen LogP) is 4.31. The van der Waals surface area contributed by atoms with Crippen LogP contribution < -0.4 is 16.0 Å². The summed E-state index contributed by atoms with van der Waals surface area (Å²) >= 11 is 0.935. The molecule has 1 aliphatic rings. The highest BCUT2D eigenvalue weighted by Gasteiger charge is 2.22. The van der Waals surface area contributed by atoms with E-state index >= 15 is 0 Å². The molecule has 150 valence electrons. The van der Waals surface area contributed by atoms with E-state index in [4.69, 9.17) is 5.73 Å². The molecular weight excluding hydrogens is 396 g/mol. The number of nitrogens with zero attached hydrogens (tertiary/aromatic N) is 3. The van der Waals surface area contributed by atoms with Crippen molar-refractivity contribution in [3.05, 3.63) is 54.0 Å². The van der Waals surface area contributed by atoms with Gasteiger partial charge in [0.1, 0.15) is 10.0 Å². The van der Waals surface area contributed by atoms with E-state index in [-0.39, 0.29) is 21.3 Å². The summed E-state index contributed by atoms with van der Waals surface area (Å²) in [7, 11) is 0. The Balaban J connectivity index is 1.60. The second-order valence-corrected chi connectivity index (χ2v) is 7.76. The van der Waals surface area contributed by atoms with Crippen molar-refractivity contribution in [3.8, 4) is 10.6 Å². The van der Waals surface area contributed by atoms with E-state index in [9.17, 15) is 13.6 Å². The Bertz CT molecular complexity index is 1050. The van der Waals surface area contributed by atoms with Crippen molar-refractivity contribution in [1.29, 1.82) is 0 Å². The topological polar surface area (TPSA) is 84.1 Å². The van der Waals surface area contributed by atoms with Crippen LogP contribution in [0.1, 0.15) is 29.8 Å². The zero-order valence-corrected chi connectivity index (χ0v) is 16.3. The minimum Gasteiger partial charge on any atom is -0.389 e. The molecule has 9 heteroatoms. The SMILES string of the molecule is Nc1sc(-c2cccc(F)c2F)nc1C(=O)Nc1cnccc1N1CCCCC1. The molecule has 0 bridgehead atoms. The third kappa shape index (κ3) is 3.91. The number of piperidine rings is 1. The van der Waals surface area contributed by atoms with Gasteiger partial charge in [-0.05, 0) is 37.5 Å². The maximum Gasteiger partial charge on any atom is 0.277 e. The number of carbonyl (C=O) groups is 1. The average Bonchev–Trinajstić information content (AvgIpc) is 3.12. The molecule has 0 saturated carbocycles. The lowest BCUT2D eigenvalue weighted by Crippen LogP contribution is -2.30. The van der Waals surface area contributed by atoms with E-state index in [1.54, 1.807) is 12.4 Å². The van der Waals surface area contributed by atoms with Gasteiger partial charge in [-0.3, -0.25) is 9.78 Å². The predicted molar refractivity (Wildman–Crippen MR) is 110 cm³/mol. The van der Waals surface area contributed by atoms with Gasteiger partial charge >= 0.3 is 0 Å². The van der Waals surface area contributed by atoms with E-state index in [0.717, 1.165) is 49.0 Å². The van der Waals surface area contributed by atoms with Gasteiger partial charge in [0, 0.05) is 24.8 Å². The molecule has 1 fully saturated rings. The van der Waals surface area contributed by atoms with Gasteiger partial charge in [-0.15, -0.1) is 0 Å². The summed E-state index contributed by atoms with van der Waals surface area (Å²) < 4.78 is 27.6. The standard InChI is InChI=1S/C20H19F2N5OS/c21-13-6-4-5-12(16(13)22)20-26-17(18(23)29-20)19(28)25-14-11-24-8-7-15(14)27-9-2-1-3-10-27/h4-8,11H,1-3,9-10,23H2,(H,25,28). The summed E-state index contributed by atoms with van der Waals surface area (Å²) in [6.07, 6.45) is 6.64. The molecular formula is C20H19F2N5OS. The summed E-state index contributed by atoms with van der Waals surface area (Å²) in [5, 5.41) is 3.08. The molecule has 0 radical (unpaired) electrons. The number of aromatic nitrogens is 2. The quantitative estimate of drug-likeness (QED) is 0.663. The molecule has 6 nitrogen and oxygen atoms in total. The molecule has 3 heterocycles. The number of nitrogens with two attached hydrogens (primary N) is 1. The van der Waals surface area contributed by atoms with E-state index in [0.29, 0.717) is 5.69 Å². The van der Waals surface area contributed by atoms with Crippen LogP contribution in [0, 0.1) is 11.6 Å². The highest BCUT2D eigenvalue weighted by molar-refractivity contribution is 7.19. The summed E-state index contributed by atoms with van der Waals surface area (Å²) in [4.78, 5) is 23.3. The molecule has 4 rings (SSSR count). The average molecular weight is 415 g/mol. The van der Waals surface area contributed by atoms with Gasteiger partial charge in [0.05, 0.1) is 17.6 Å². The number of anilines is 3. The molecule has 0 spiro atoms. The number of thiazole rings is 1. The zero-order chi connectivity index (χ0) is 20.4. The van der Waals surface area contributed by atoms with E-state index in [1.165, 1.54) is 18.6 Å². The summed E-state index contributed by atoms with van der Waals surface area (Å²) in [6, 6.07) is 5.66. The minimum absolute atomic E-state index is 0.0258. The Morgan fingerprint density at radius 3 is 2.76 bits per heavy atom. The number of nitrogens with one attached hydrogen (secondary N) is 1. The molecule has 3 N–H and O–H groups in total. The van der Waals surface area contributed by atoms with Gasteiger partial charge in [0.15, 0.2) is 17.3 Å². The lowest BCUT2D eigenvalue weighted by molar-refractivity contribution is 0.102. The zero-order valence-electron chi connectivity index (χ0n) is 15.5. The normalized spacial score (nSPS) is 14.1. The van der Waals surface area contributed by atoms with Gasteiger partial charge in [0.25, 0.3) is 5.91 Å². The van der Waals surface area contributed by atoms with Gasteiger partial charge < -0.3 is 16.0 Å². The monoisotopic (exact) mass is 415 g/mol. The highest BCUT2D eigenvalue weighted by Crippen LogP contribution is 2.33. The van der Waals surface area contributed by atoms with E-state index in [1.807, 2.05) is 6.07 Å². The van der Waals surface area contributed by atoms with Crippen LogP contribution in [0.4, 0.5) is 25.2 Å². The first-order valence-corrected chi connectivity index (χ1v) is 10.1. The lowest BCUT2D eigenvalue weighted by atomic mass is 10.1. The van der Waals surface area contributed by atoms with Crippen molar-refractivity contribution in [3.63, 3.8) is 0 Å². The maximum atomic E-state index is 14.1. The first-order chi connectivity index (χ1) is 14.0. The Morgan fingerprint density at radius 1 is 1.17 bits per heavy atom. The smallest absolute Gasteiger partial charge is 0.277 e. The fraction of sp³-hybridized carbons (Fsp3) is 0.250. The number of amides is 1. The number of hydrogen-bond acceptors (Lipinski definition) is 6. The van der Waals surface area contributed by atoms with Crippen molar-refractivity contribution in [1.82, 2.24) is 9.97 Å². The van der Waals surface area contributed by atoms with Crippen molar-refractivity contribution < 1.29 is 13.6 Å². The van der Waals surface area contributed by atoms with Crippen LogP contribution in [0.2, 0.25) is 0 Å². The van der Waals surface area contributed by atoms with Crippen LogP contribution in [-0.2, 0) is 0 Å². The van der Waals surface area contributed by atoms with E-state index < -0.39 is 17.5 Å². The van der Waals surface area contributed by atoms with Gasteiger partial charge in [-0.1, -0.05) is 17.4 Å². The Kier molecular flexibility index (Phi) is 5.39. The first kappa shape index (κ1) is 19.3. The fourth-order valence-corrected chi connectivity index (χ4v) is 4.20. The van der Waals surface area contributed by atoms with E-state index in [2.05, 4.69) is 20.2 Å². The summed E-state index contributed by atoms with van der Waals surface area (Å²) in [6.45, 7) is 1.82. The number of pyridine rings is 1. The van der Waals surface area contributed by atoms with Gasteiger partial charge in [0.2, 0.25) is 0 Å². The second kappa shape index (κ2) is 8.12. The van der Waals surface area contributed by atoms with Crippen LogP contribution in [-0.4, -0.2) is 29.0 Å². The molecule has 1 aromatic carbocycles. The van der Waals surface area contributed by atoms with Gasteiger partial charge in [-0.2, -0.15) is 0 Å². The number of halogens is 2. The summed E-state index contributed by atoms with van der Waals surface area (Å²) in [5.41, 5.74) is 7.35. The Hall–Kier alpha value is -3.07. The first-order valence-electron chi connectivity index (χ1n) is 9.25. The van der Waals surface area contributed by atoms with Crippen LogP contribution in [0.3, 0.4) is 0 Å². The molecule has 1 amide bonds. The molecule has 0 unspecified atom stereocenters. The molecule has 29 heavy (non-hydrogen) atoms. The van der Waals surface area contributed by atoms with Crippen LogP contribution in [0.5, 0.6) is 0 Å². The number of hydrogen-bond donors (Lipinski definition) is 2. The minimum atomic E-state index is -1.02. The largest absolute Gasteiger partial charge is 0.389 e. The number of benzene rings is 1. The molecule has 1 aliphatic heterocycles. The van der Waals surface area contributed by atoms with Crippen molar-refractivity contribution in [2.45, 2.75) is 19.3 Å². The Labute approximate surface area is 170 Å². The molecule has 1 saturated heterocycles. The molecule has 3 aromatic rings.